The molecule has 0 aromatic heterocycles. The van der Waals surface area contributed by atoms with Gasteiger partial charge in [0.1, 0.15) is 6.04 Å². The smallest absolute Gasteiger partial charge is 0.251 e. The molecule has 3 heterocycles. The van der Waals surface area contributed by atoms with Gasteiger partial charge in [0.25, 0.3) is 5.91 Å². The van der Waals surface area contributed by atoms with Crippen LogP contribution in [0.15, 0.2) is 49.6 Å². The van der Waals surface area contributed by atoms with Crippen molar-refractivity contribution in [2.45, 2.75) is 54.6 Å². The molecule has 1 spiro atoms. The summed E-state index contributed by atoms with van der Waals surface area (Å²) in [7, 11) is 1.75. The highest BCUT2D eigenvalue weighted by molar-refractivity contribution is 8.02. The number of halogens is 1. The summed E-state index contributed by atoms with van der Waals surface area (Å²) < 4.78 is -1.10. The van der Waals surface area contributed by atoms with Crippen LogP contribution in [-0.4, -0.2) is 81.5 Å². The van der Waals surface area contributed by atoms with Crippen LogP contribution in [0.5, 0.6) is 0 Å². The third-order valence-corrected chi connectivity index (χ3v) is 10.6. The molecule has 1 N–H and O–H groups in total. The normalized spacial score (nSPS) is 29.3. The van der Waals surface area contributed by atoms with Crippen molar-refractivity contribution in [1.29, 1.82) is 0 Å². The van der Waals surface area contributed by atoms with E-state index in [1.165, 1.54) is 0 Å². The highest BCUT2D eigenvalue weighted by Gasteiger charge is 2.77. The van der Waals surface area contributed by atoms with Crippen LogP contribution in [-0.2, 0) is 14.4 Å². The molecular weight excluding hydrogens is 522 g/mol. The Morgan fingerprint density at radius 2 is 1.82 bits per heavy atom. The highest BCUT2D eigenvalue weighted by atomic mass is 35.5. The molecule has 0 saturated carbocycles. The summed E-state index contributed by atoms with van der Waals surface area (Å²) in [4.78, 5) is 47.5. The number of carbonyl (C=O) groups excluding carboxylic acids is 3. The molecule has 3 aliphatic rings. The van der Waals surface area contributed by atoms with Gasteiger partial charge in [0.05, 0.1) is 16.6 Å². The lowest BCUT2D eigenvalue weighted by Crippen LogP contribution is -2.55. The number of aliphatic hydroxyl groups is 1. The third-order valence-electron chi connectivity index (χ3n) is 8.33. The van der Waals surface area contributed by atoms with Crippen LogP contribution in [0.3, 0.4) is 0 Å². The minimum absolute atomic E-state index is 0.0613. The minimum Gasteiger partial charge on any atom is -0.396 e. The topological polar surface area (TPSA) is 81.2 Å². The van der Waals surface area contributed by atoms with Crippen molar-refractivity contribution in [2.24, 2.45) is 11.8 Å². The van der Waals surface area contributed by atoms with Crippen LogP contribution >= 0.6 is 23.4 Å². The molecule has 2 bridgehead atoms. The van der Waals surface area contributed by atoms with Gasteiger partial charge in [-0.25, -0.2) is 0 Å². The maximum Gasteiger partial charge on any atom is 0.251 e. The molecule has 3 amide bonds. The zero-order valence-corrected chi connectivity index (χ0v) is 23.8. The number of hydrogen-bond donors (Lipinski definition) is 1. The van der Waals surface area contributed by atoms with E-state index in [9.17, 15) is 19.5 Å². The first-order valence-electron chi connectivity index (χ1n) is 13.3. The lowest BCUT2D eigenvalue weighted by Gasteiger charge is -2.37. The number of amides is 3. The zero-order valence-electron chi connectivity index (χ0n) is 22.3. The summed E-state index contributed by atoms with van der Waals surface area (Å²) in [5, 5.41) is 9.82. The summed E-state index contributed by atoms with van der Waals surface area (Å²) >= 11 is 7.79. The van der Waals surface area contributed by atoms with Gasteiger partial charge in [-0.3, -0.25) is 14.4 Å². The Kier molecular flexibility index (Phi) is 8.65. The predicted octanol–water partition coefficient (Wildman–Crippen LogP) is 4.15. The van der Waals surface area contributed by atoms with Crippen molar-refractivity contribution >= 4 is 46.8 Å². The Bertz CT molecular complexity index is 1100. The Morgan fingerprint density at radius 3 is 2.45 bits per heavy atom. The summed E-state index contributed by atoms with van der Waals surface area (Å²) in [6, 6.07) is 6.40. The predicted molar refractivity (Wildman–Crippen MR) is 153 cm³/mol. The number of rotatable bonds is 12. The number of carbonyl (C=O) groups is 3. The van der Waals surface area contributed by atoms with Crippen molar-refractivity contribution in [3.63, 3.8) is 0 Å². The molecule has 1 aromatic rings. The van der Waals surface area contributed by atoms with Gasteiger partial charge in [0, 0.05) is 48.7 Å². The average molecular weight is 560 g/mol. The van der Waals surface area contributed by atoms with E-state index in [2.05, 4.69) is 20.1 Å². The van der Waals surface area contributed by atoms with Gasteiger partial charge < -0.3 is 19.8 Å². The SMILES string of the molecule is C=CCN(C)C(=O)[C@@H]1[C@H]2C(=O)N(CCCCCO)C(C(=O)N(CC=C)c3ccc(Cl)cc3)C23CC[C@@]1(C)S3. The molecule has 9 heteroatoms. The van der Waals surface area contributed by atoms with E-state index in [1.807, 2.05) is 0 Å². The number of hydrogen-bond acceptors (Lipinski definition) is 5. The fourth-order valence-electron chi connectivity index (χ4n) is 6.63. The van der Waals surface area contributed by atoms with Gasteiger partial charge in [0.15, 0.2) is 0 Å². The van der Waals surface area contributed by atoms with E-state index in [4.69, 9.17) is 11.6 Å². The molecule has 4 rings (SSSR count). The number of likely N-dealkylation sites (tertiary alicyclic amines) is 1. The van der Waals surface area contributed by atoms with Gasteiger partial charge in [0.2, 0.25) is 11.8 Å². The fourth-order valence-corrected chi connectivity index (χ4v) is 9.10. The maximum absolute atomic E-state index is 14.5. The first-order valence-corrected chi connectivity index (χ1v) is 14.5. The second-order valence-corrected chi connectivity index (χ2v) is 13.1. The van der Waals surface area contributed by atoms with Crippen molar-refractivity contribution in [3.8, 4) is 0 Å². The van der Waals surface area contributed by atoms with Gasteiger partial charge in [-0.1, -0.05) is 23.8 Å². The van der Waals surface area contributed by atoms with Gasteiger partial charge in [-0.15, -0.1) is 24.9 Å². The second-order valence-electron chi connectivity index (χ2n) is 10.8. The molecule has 3 fully saturated rings. The number of aliphatic hydroxyl groups excluding tert-OH is 1. The van der Waals surface area contributed by atoms with E-state index in [1.54, 1.807) is 69.9 Å². The molecule has 206 valence electrons. The van der Waals surface area contributed by atoms with Crippen LogP contribution in [0, 0.1) is 11.8 Å². The van der Waals surface area contributed by atoms with Gasteiger partial charge >= 0.3 is 0 Å². The fraction of sp³-hybridized carbons (Fsp3) is 0.552. The molecule has 3 saturated heterocycles. The number of nitrogens with zero attached hydrogens (tertiary/aromatic N) is 3. The molecule has 38 heavy (non-hydrogen) atoms. The Hall–Kier alpha value is -2.29. The van der Waals surface area contributed by atoms with Crippen molar-refractivity contribution in [1.82, 2.24) is 9.80 Å². The summed E-state index contributed by atoms with van der Waals surface area (Å²) in [6.07, 6.45) is 6.91. The quantitative estimate of drug-likeness (QED) is 0.307. The summed E-state index contributed by atoms with van der Waals surface area (Å²) in [6.45, 7) is 10.9. The number of benzene rings is 1. The number of thioether (sulfide) groups is 1. The van der Waals surface area contributed by atoms with Crippen LogP contribution in [0.1, 0.15) is 39.0 Å². The van der Waals surface area contributed by atoms with Gasteiger partial charge in [-0.2, -0.15) is 0 Å². The molecular formula is C29H38ClN3O4S. The standard InChI is InChI=1S/C29H38ClN3O4S/c1-5-16-31(4)25(35)22-23-26(36)33(18-8-7-9-19-34)24(29(23)15-14-28(22,3)38-29)27(37)32(17-6-2)21-12-10-20(30)11-13-21/h5-6,10-13,22-24,34H,1-2,7-9,14-19H2,3-4H3/t22-,23-,24?,28+,29?/m0/s1. The second kappa shape index (κ2) is 11.4. The summed E-state index contributed by atoms with van der Waals surface area (Å²) in [5.41, 5.74) is 0.689. The Morgan fingerprint density at radius 1 is 1.13 bits per heavy atom. The molecule has 2 unspecified atom stereocenters. The van der Waals surface area contributed by atoms with Crippen LogP contribution in [0.2, 0.25) is 5.02 Å². The Balaban J connectivity index is 1.76. The molecule has 1 aromatic carbocycles. The molecule has 7 nitrogen and oxygen atoms in total. The number of fused-ring (bicyclic) bond motifs is 1. The first kappa shape index (κ1) is 28.7. The molecule has 0 aliphatic carbocycles. The van der Waals surface area contributed by atoms with Crippen molar-refractivity contribution < 1.29 is 19.5 Å². The lowest BCUT2D eigenvalue weighted by molar-refractivity contribution is -0.144. The van der Waals surface area contributed by atoms with E-state index in [-0.39, 0.29) is 30.9 Å². The zero-order chi connectivity index (χ0) is 27.7. The lowest BCUT2D eigenvalue weighted by atomic mass is 9.66. The molecule has 0 radical (unpaired) electrons. The average Bonchev–Trinajstić information content (AvgIpc) is 3.46. The first-order chi connectivity index (χ1) is 18.1. The maximum atomic E-state index is 14.5. The molecule has 3 aliphatic heterocycles. The van der Waals surface area contributed by atoms with Gasteiger partial charge in [-0.05, 0) is 63.3 Å². The van der Waals surface area contributed by atoms with Crippen molar-refractivity contribution in [2.75, 3.05) is 38.2 Å². The van der Waals surface area contributed by atoms with Crippen LogP contribution in [0.25, 0.3) is 0 Å². The minimum atomic E-state index is -0.695. The largest absolute Gasteiger partial charge is 0.396 e. The van der Waals surface area contributed by atoms with E-state index in [0.29, 0.717) is 43.1 Å². The van der Waals surface area contributed by atoms with Crippen molar-refractivity contribution in [3.05, 3.63) is 54.6 Å². The number of anilines is 1. The van der Waals surface area contributed by atoms with Crippen LogP contribution < -0.4 is 4.90 Å². The van der Waals surface area contributed by atoms with E-state index >= 15 is 0 Å². The number of likely N-dealkylation sites (N-methyl/N-ethyl adjacent to an activating group) is 1. The number of unbranched alkanes of at least 4 members (excludes halogenated alkanes) is 2. The highest BCUT2D eigenvalue weighted by Crippen LogP contribution is 2.71. The van der Waals surface area contributed by atoms with E-state index < -0.39 is 27.4 Å². The monoisotopic (exact) mass is 559 g/mol. The van der Waals surface area contributed by atoms with E-state index in [0.717, 1.165) is 12.8 Å². The van der Waals surface area contributed by atoms with Crippen LogP contribution in [0.4, 0.5) is 5.69 Å². The molecule has 5 atom stereocenters. The summed E-state index contributed by atoms with van der Waals surface area (Å²) in [5.74, 6) is -1.39. The third kappa shape index (κ3) is 4.80. The Labute approximate surface area is 234 Å².